The van der Waals surface area contributed by atoms with Gasteiger partial charge in [-0.2, -0.15) is 9.40 Å². The summed E-state index contributed by atoms with van der Waals surface area (Å²) in [5, 5.41) is 4.47. The van der Waals surface area contributed by atoms with E-state index in [1.807, 2.05) is 20.8 Å². The van der Waals surface area contributed by atoms with Crippen molar-refractivity contribution in [3.05, 3.63) is 28.3 Å². The first kappa shape index (κ1) is 27.2. The maximum atomic E-state index is 13.5. The quantitative estimate of drug-likeness (QED) is 0.386. The molecule has 0 atom stereocenters. The Morgan fingerprint density at radius 1 is 1.11 bits per heavy atom. The van der Waals surface area contributed by atoms with Gasteiger partial charge in [0.15, 0.2) is 5.52 Å². The summed E-state index contributed by atoms with van der Waals surface area (Å²) >= 11 is 0. The minimum atomic E-state index is -3.81. The minimum absolute atomic E-state index is 0.0166. The molecule has 0 aliphatic carbocycles. The molecule has 0 aromatic carbocycles. The molecular formula is C24H35N7O5S. The summed E-state index contributed by atoms with van der Waals surface area (Å²) in [4.78, 5) is 27.1. The van der Waals surface area contributed by atoms with Crippen molar-refractivity contribution in [3.8, 4) is 17.3 Å². The highest BCUT2D eigenvalue weighted by molar-refractivity contribution is 7.89. The van der Waals surface area contributed by atoms with Crippen LogP contribution in [0.1, 0.15) is 39.4 Å². The van der Waals surface area contributed by atoms with Crippen molar-refractivity contribution >= 4 is 21.1 Å². The Morgan fingerprint density at radius 3 is 2.46 bits per heavy atom. The van der Waals surface area contributed by atoms with Crippen LogP contribution in [0.15, 0.2) is 22.0 Å². The molecule has 0 saturated carbocycles. The van der Waals surface area contributed by atoms with Crippen molar-refractivity contribution in [1.29, 1.82) is 0 Å². The topological polar surface area (TPSA) is 136 Å². The molecule has 3 aromatic heterocycles. The number of aryl methyl sites for hydroxylation is 1. The predicted octanol–water partition coefficient (Wildman–Crippen LogP) is 1.68. The Hall–Kier alpha value is -2.87. The first-order valence-electron chi connectivity index (χ1n) is 12.6. The number of aromatic amines is 1. The van der Waals surface area contributed by atoms with Gasteiger partial charge in [0, 0.05) is 39.3 Å². The summed E-state index contributed by atoms with van der Waals surface area (Å²) in [6.07, 6.45) is 1.91. The zero-order valence-corrected chi connectivity index (χ0v) is 22.8. The third-order valence-electron chi connectivity index (χ3n) is 6.50. The first-order chi connectivity index (χ1) is 17.7. The van der Waals surface area contributed by atoms with Gasteiger partial charge in [0.1, 0.15) is 22.8 Å². The molecule has 0 amide bonds. The maximum absolute atomic E-state index is 13.5. The number of fused-ring (bicyclic) bond motifs is 1. The highest BCUT2D eigenvalue weighted by Gasteiger charge is 2.30. The van der Waals surface area contributed by atoms with E-state index >= 15 is 0 Å². The van der Waals surface area contributed by atoms with Gasteiger partial charge in [0.25, 0.3) is 5.56 Å². The summed E-state index contributed by atoms with van der Waals surface area (Å²) in [6, 6.07) is 1.52. The van der Waals surface area contributed by atoms with Crippen molar-refractivity contribution in [3.63, 3.8) is 0 Å². The van der Waals surface area contributed by atoms with Gasteiger partial charge in [-0.1, -0.05) is 13.8 Å². The van der Waals surface area contributed by atoms with E-state index in [4.69, 9.17) is 14.5 Å². The average molecular weight is 534 g/mol. The lowest BCUT2D eigenvalue weighted by Gasteiger charge is -2.33. The van der Waals surface area contributed by atoms with Crippen LogP contribution in [0.4, 0.5) is 0 Å². The average Bonchev–Trinajstić information content (AvgIpc) is 3.28. The molecule has 202 valence electrons. The van der Waals surface area contributed by atoms with E-state index in [1.54, 1.807) is 11.8 Å². The highest BCUT2D eigenvalue weighted by atomic mass is 32.2. The smallest absolute Gasteiger partial charge is 0.279 e. The van der Waals surface area contributed by atoms with E-state index in [0.717, 1.165) is 12.2 Å². The largest absolute Gasteiger partial charge is 0.475 e. The molecule has 0 bridgehead atoms. The van der Waals surface area contributed by atoms with Crippen LogP contribution in [-0.4, -0.2) is 95.4 Å². The van der Waals surface area contributed by atoms with Crippen LogP contribution in [0.25, 0.3) is 22.4 Å². The van der Waals surface area contributed by atoms with Gasteiger partial charge < -0.3 is 19.4 Å². The summed E-state index contributed by atoms with van der Waals surface area (Å²) < 4.78 is 41.1. The van der Waals surface area contributed by atoms with E-state index in [9.17, 15) is 13.2 Å². The van der Waals surface area contributed by atoms with Crippen LogP contribution in [-0.2, 0) is 21.2 Å². The number of hydrogen-bond donors (Lipinski definition) is 1. The Balaban J connectivity index is 1.82. The first-order valence-corrected chi connectivity index (χ1v) is 14.0. The summed E-state index contributed by atoms with van der Waals surface area (Å²) in [7, 11) is -2.26. The second-order valence-electron chi connectivity index (χ2n) is 9.15. The number of sulfonamides is 1. The predicted molar refractivity (Wildman–Crippen MR) is 139 cm³/mol. The molecule has 0 radical (unpaired) electrons. The molecule has 1 saturated heterocycles. The maximum Gasteiger partial charge on any atom is 0.279 e. The number of nitrogens with one attached hydrogen (secondary N) is 1. The Morgan fingerprint density at radius 2 is 1.84 bits per heavy atom. The van der Waals surface area contributed by atoms with Gasteiger partial charge in [0.05, 0.1) is 24.1 Å². The molecule has 0 unspecified atom stereocenters. The SMILES string of the molecule is CCc1c2nc(-c3cc(S(=O)(=O)N4CCN(CC)CC4)cnc3OCCOC)[nH]c(=O)c2nn1C(C)C. The molecule has 13 heteroatoms. The van der Waals surface area contributed by atoms with E-state index < -0.39 is 15.6 Å². The van der Waals surface area contributed by atoms with Crippen molar-refractivity contribution < 1.29 is 17.9 Å². The Bertz CT molecular complexity index is 1410. The molecular weight excluding hydrogens is 498 g/mol. The lowest BCUT2D eigenvalue weighted by atomic mass is 10.2. The van der Waals surface area contributed by atoms with E-state index in [1.165, 1.54) is 16.6 Å². The van der Waals surface area contributed by atoms with Gasteiger partial charge in [-0.3, -0.25) is 9.48 Å². The number of ether oxygens (including phenoxy) is 2. The van der Waals surface area contributed by atoms with Gasteiger partial charge >= 0.3 is 0 Å². The normalized spacial score (nSPS) is 15.6. The molecule has 1 aliphatic rings. The molecule has 37 heavy (non-hydrogen) atoms. The Labute approximate surface area is 216 Å². The van der Waals surface area contributed by atoms with Crippen molar-refractivity contribution in [2.75, 3.05) is 53.0 Å². The fraction of sp³-hybridized carbons (Fsp3) is 0.583. The number of methoxy groups -OCH3 is 1. The number of H-pyrrole nitrogens is 1. The van der Waals surface area contributed by atoms with Gasteiger partial charge in [-0.15, -0.1) is 0 Å². The minimum Gasteiger partial charge on any atom is -0.475 e. The monoisotopic (exact) mass is 533 g/mol. The van der Waals surface area contributed by atoms with Gasteiger partial charge in [0.2, 0.25) is 15.9 Å². The molecule has 3 aromatic rings. The van der Waals surface area contributed by atoms with E-state index in [2.05, 4.69) is 26.9 Å². The van der Waals surface area contributed by atoms with Crippen LogP contribution >= 0.6 is 0 Å². The zero-order chi connectivity index (χ0) is 26.7. The highest BCUT2D eigenvalue weighted by Crippen LogP contribution is 2.30. The van der Waals surface area contributed by atoms with Crippen LogP contribution in [0.5, 0.6) is 5.88 Å². The molecule has 1 N–H and O–H groups in total. The number of nitrogens with zero attached hydrogens (tertiary/aromatic N) is 6. The number of likely N-dealkylation sites (N-methyl/N-ethyl adjacent to an activating group) is 1. The number of piperazine rings is 1. The van der Waals surface area contributed by atoms with Crippen LogP contribution < -0.4 is 10.3 Å². The second kappa shape index (κ2) is 11.3. The molecule has 1 fully saturated rings. The summed E-state index contributed by atoms with van der Waals surface area (Å²) in [5.74, 6) is 0.326. The number of aromatic nitrogens is 5. The number of pyridine rings is 1. The van der Waals surface area contributed by atoms with Gasteiger partial charge in [-0.25, -0.2) is 18.4 Å². The van der Waals surface area contributed by atoms with E-state index in [0.29, 0.717) is 44.7 Å². The third kappa shape index (κ3) is 5.40. The second-order valence-corrected chi connectivity index (χ2v) is 11.1. The van der Waals surface area contributed by atoms with E-state index in [-0.39, 0.29) is 40.3 Å². The third-order valence-corrected chi connectivity index (χ3v) is 8.36. The molecule has 4 heterocycles. The zero-order valence-electron chi connectivity index (χ0n) is 22.0. The van der Waals surface area contributed by atoms with Crippen molar-refractivity contribution in [1.82, 2.24) is 33.9 Å². The molecule has 12 nitrogen and oxygen atoms in total. The van der Waals surface area contributed by atoms with Gasteiger partial charge in [-0.05, 0) is 32.9 Å². The molecule has 0 spiro atoms. The van der Waals surface area contributed by atoms with Crippen molar-refractivity contribution in [2.24, 2.45) is 0 Å². The summed E-state index contributed by atoms with van der Waals surface area (Å²) in [6.45, 7) is 11.5. The standard InChI is InChI=1S/C24H35N7O5S/c1-6-19-20-21(28-31(19)16(3)4)23(32)27-22(26-20)18-14-17(15-25-24(18)36-13-12-35-5)37(33,34)30-10-8-29(7-2)9-11-30/h14-16H,6-13H2,1-5H3,(H,26,27,32). The molecule has 4 rings (SSSR count). The van der Waals surface area contributed by atoms with Crippen LogP contribution in [0.2, 0.25) is 0 Å². The number of hydrogen-bond acceptors (Lipinski definition) is 9. The lowest BCUT2D eigenvalue weighted by Crippen LogP contribution is -2.48. The molecule has 1 aliphatic heterocycles. The van der Waals surface area contributed by atoms with Crippen molar-refractivity contribution in [2.45, 2.75) is 45.1 Å². The Kier molecular flexibility index (Phi) is 8.26. The fourth-order valence-corrected chi connectivity index (χ4v) is 5.83. The fourth-order valence-electron chi connectivity index (χ4n) is 4.44. The summed E-state index contributed by atoms with van der Waals surface area (Å²) in [5.41, 5.74) is 1.40. The van der Waals surface area contributed by atoms with Crippen LogP contribution in [0, 0.1) is 0 Å². The lowest BCUT2D eigenvalue weighted by molar-refractivity contribution is 0.144. The van der Waals surface area contributed by atoms with Crippen LogP contribution in [0.3, 0.4) is 0 Å². The number of rotatable bonds is 10.